The molecule has 1 unspecified atom stereocenters. The van der Waals surface area contributed by atoms with E-state index in [1.165, 1.54) is 0 Å². The minimum Gasteiger partial charge on any atom is -0.425 e. The van der Waals surface area contributed by atoms with Gasteiger partial charge < -0.3 is 9.73 Å². The molecule has 11 heteroatoms. The van der Waals surface area contributed by atoms with E-state index in [4.69, 9.17) is 8.97 Å². The minimum atomic E-state index is -4.74. The summed E-state index contributed by atoms with van der Waals surface area (Å²) >= 11 is 0. The number of carbonyl (C=O) groups is 1. The molecule has 2 N–H and O–H groups in total. The normalized spacial score (nSPS) is 32.9. The Kier molecular flexibility index (Phi) is 3.49. The maximum absolute atomic E-state index is 12.7. The number of hydrogen-bond donors (Lipinski definition) is 2. The Bertz CT molecular complexity index is 846. The number of carbonyl (C=O) groups excluding carboxylic acids is 1. The van der Waals surface area contributed by atoms with Gasteiger partial charge in [-0.15, -0.1) is 14.5 Å². The first-order valence-corrected chi connectivity index (χ1v) is 10.2. The van der Waals surface area contributed by atoms with Crippen molar-refractivity contribution >= 4 is 16.3 Å². The monoisotopic (exact) mass is 384 g/mol. The second kappa shape index (κ2) is 5.47. The lowest BCUT2D eigenvalue weighted by molar-refractivity contribution is -0.161. The maximum Gasteiger partial charge on any atom is 0.418 e. The average Bonchev–Trinajstić information content (AvgIpc) is 3.03. The molecule has 0 aromatic carbocycles. The number of amides is 1. The van der Waals surface area contributed by atoms with Crippen molar-refractivity contribution in [1.29, 1.82) is 0 Å². The molecule has 3 atom stereocenters. The molecule has 3 heterocycles. The van der Waals surface area contributed by atoms with Crippen molar-refractivity contribution < 1.29 is 26.5 Å². The summed E-state index contributed by atoms with van der Waals surface area (Å²) in [6.45, 7) is 1.88. The third kappa shape index (κ3) is 2.65. The van der Waals surface area contributed by atoms with E-state index in [-0.39, 0.29) is 17.4 Å². The highest BCUT2D eigenvalue weighted by atomic mass is 32.3. The van der Waals surface area contributed by atoms with Crippen molar-refractivity contribution in [2.24, 2.45) is 17.3 Å². The third-order valence-corrected chi connectivity index (χ3v) is 6.66. The number of nitrogens with one attached hydrogen (secondary N) is 1. The fourth-order valence-electron chi connectivity index (χ4n) is 4.69. The second-order valence-corrected chi connectivity index (χ2v) is 8.96. The molecular formula is C15H20N4O6S. The zero-order chi connectivity index (χ0) is 18.1. The van der Waals surface area contributed by atoms with E-state index in [0.29, 0.717) is 30.5 Å². The van der Waals surface area contributed by atoms with E-state index < -0.39 is 22.2 Å². The molecule has 2 bridgehead atoms. The van der Waals surface area contributed by atoms with Crippen molar-refractivity contribution in [3.05, 3.63) is 11.8 Å². The van der Waals surface area contributed by atoms with Crippen LogP contribution in [-0.2, 0) is 25.9 Å². The van der Waals surface area contributed by atoms with Gasteiger partial charge in [0.1, 0.15) is 0 Å². The summed E-state index contributed by atoms with van der Waals surface area (Å²) in [6.07, 6.45) is 3.65. The van der Waals surface area contributed by atoms with Gasteiger partial charge >= 0.3 is 10.4 Å². The highest BCUT2D eigenvalue weighted by molar-refractivity contribution is 7.80. The summed E-state index contributed by atoms with van der Waals surface area (Å²) in [6, 6.07) is -0.332. The Labute approximate surface area is 150 Å². The number of fused-ring (bicyclic) bond motifs is 3. The summed E-state index contributed by atoms with van der Waals surface area (Å²) in [4.78, 5) is 12.7. The van der Waals surface area contributed by atoms with Crippen LogP contribution in [0.3, 0.4) is 0 Å². The number of aromatic nitrogens is 2. The zero-order valence-electron chi connectivity index (χ0n) is 14.0. The predicted molar refractivity (Wildman–Crippen MR) is 84.8 cm³/mol. The van der Waals surface area contributed by atoms with Crippen molar-refractivity contribution in [1.82, 2.24) is 20.6 Å². The quantitative estimate of drug-likeness (QED) is 0.675. The van der Waals surface area contributed by atoms with E-state index in [1.54, 1.807) is 0 Å². The molecule has 2 aliphatic carbocycles. The molecule has 26 heavy (non-hydrogen) atoms. The van der Waals surface area contributed by atoms with Gasteiger partial charge in [0.25, 0.3) is 5.91 Å². The maximum atomic E-state index is 12.7. The highest BCUT2D eigenvalue weighted by Crippen LogP contribution is 2.65. The SMILES string of the molecule is O=C1C2C[C@H](N1OS(=O)(=O)O)C1(CC1)C[C@H]2c1nnc(CC2CNC2)o1. The van der Waals surface area contributed by atoms with Crippen LogP contribution in [-0.4, -0.2) is 53.3 Å². The Morgan fingerprint density at radius 3 is 2.69 bits per heavy atom. The molecule has 1 aromatic heterocycles. The van der Waals surface area contributed by atoms with Gasteiger partial charge in [-0.3, -0.25) is 9.35 Å². The van der Waals surface area contributed by atoms with Crippen molar-refractivity contribution in [3.63, 3.8) is 0 Å². The topological polar surface area (TPSA) is 135 Å². The van der Waals surface area contributed by atoms with Crippen LogP contribution in [0.25, 0.3) is 0 Å². The minimum absolute atomic E-state index is 0.190. The molecule has 2 saturated heterocycles. The fourth-order valence-corrected chi connectivity index (χ4v) is 5.07. The van der Waals surface area contributed by atoms with Crippen LogP contribution in [0.15, 0.2) is 4.42 Å². The molecular weight excluding hydrogens is 364 g/mol. The van der Waals surface area contributed by atoms with E-state index in [2.05, 4.69) is 19.8 Å². The molecule has 1 aromatic rings. The Morgan fingerprint density at radius 1 is 1.31 bits per heavy atom. The van der Waals surface area contributed by atoms with Gasteiger partial charge in [0.15, 0.2) is 0 Å². The molecule has 4 fully saturated rings. The van der Waals surface area contributed by atoms with Crippen molar-refractivity contribution in [3.8, 4) is 0 Å². The van der Waals surface area contributed by atoms with Crippen LogP contribution in [0.5, 0.6) is 0 Å². The highest BCUT2D eigenvalue weighted by Gasteiger charge is 2.65. The molecule has 0 radical (unpaired) electrons. The van der Waals surface area contributed by atoms with Gasteiger partial charge in [0.05, 0.1) is 12.0 Å². The van der Waals surface area contributed by atoms with E-state index >= 15 is 0 Å². The molecule has 1 amide bonds. The van der Waals surface area contributed by atoms with Crippen molar-refractivity contribution in [2.45, 2.75) is 44.1 Å². The molecule has 2 saturated carbocycles. The van der Waals surface area contributed by atoms with E-state index in [0.717, 1.165) is 37.4 Å². The largest absolute Gasteiger partial charge is 0.425 e. The van der Waals surface area contributed by atoms with Crippen LogP contribution in [0.1, 0.15) is 43.4 Å². The zero-order valence-corrected chi connectivity index (χ0v) is 14.8. The standard InChI is InChI=1S/C15H20N4O6S/c20-14-9-4-11(19(14)25-26(21,22)23)15(1-2-15)5-10(9)13-18-17-12(24-13)3-8-6-16-7-8/h8-11,16H,1-7H2,(H,21,22,23)/t9?,10-,11+/m1/s1. The fraction of sp³-hybridized carbons (Fsp3) is 0.800. The predicted octanol–water partition coefficient (Wildman–Crippen LogP) is 0.0505. The van der Waals surface area contributed by atoms with Gasteiger partial charge in [0.2, 0.25) is 11.8 Å². The van der Waals surface area contributed by atoms with E-state index in [1.807, 2.05) is 0 Å². The lowest BCUT2D eigenvalue weighted by atomic mass is 9.72. The first kappa shape index (κ1) is 16.6. The van der Waals surface area contributed by atoms with Gasteiger partial charge in [-0.25, -0.2) is 0 Å². The first-order valence-electron chi connectivity index (χ1n) is 8.88. The Balaban J connectivity index is 1.40. The number of hydroxylamine groups is 2. The average molecular weight is 384 g/mol. The molecule has 1 spiro atoms. The van der Waals surface area contributed by atoms with Crippen LogP contribution >= 0.6 is 0 Å². The van der Waals surface area contributed by atoms with Crippen LogP contribution in [0, 0.1) is 17.3 Å². The summed E-state index contributed by atoms with van der Waals surface area (Å²) in [5, 5.41) is 12.4. The summed E-state index contributed by atoms with van der Waals surface area (Å²) < 4.78 is 41.8. The lowest BCUT2D eigenvalue weighted by Crippen LogP contribution is -2.43. The van der Waals surface area contributed by atoms with E-state index in [9.17, 15) is 13.2 Å². The van der Waals surface area contributed by atoms with Gasteiger partial charge in [-0.1, -0.05) is 0 Å². The van der Waals surface area contributed by atoms with Crippen LogP contribution in [0.2, 0.25) is 0 Å². The first-order chi connectivity index (χ1) is 12.3. The van der Waals surface area contributed by atoms with Crippen molar-refractivity contribution in [2.75, 3.05) is 13.1 Å². The Hall–Kier alpha value is -1.56. The van der Waals surface area contributed by atoms with Gasteiger partial charge in [0, 0.05) is 12.3 Å². The number of hydrogen-bond acceptors (Lipinski definition) is 8. The molecule has 2 aliphatic heterocycles. The second-order valence-electron chi connectivity index (χ2n) is 7.96. The number of nitrogens with zero attached hydrogens (tertiary/aromatic N) is 3. The molecule has 5 rings (SSSR count). The van der Waals surface area contributed by atoms with Gasteiger partial charge in [-0.05, 0) is 50.1 Å². The van der Waals surface area contributed by atoms with Crippen LogP contribution < -0.4 is 5.32 Å². The lowest BCUT2D eigenvalue weighted by Gasteiger charge is -2.33. The summed E-state index contributed by atoms with van der Waals surface area (Å²) in [5.74, 6) is 0.382. The molecule has 142 valence electrons. The van der Waals surface area contributed by atoms with Gasteiger partial charge in [-0.2, -0.15) is 13.5 Å². The summed E-state index contributed by atoms with van der Waals surface area (Å²) in [7, 11) is -4.74. The third-order valence-electron chi connectivity index (χ3n) is 6.31. The van der Waals surface area contributed by atoms with Crippen LogP contribution in [0.4, 0.5) is 0 Å². The molecule has 10 nitrogen and oxygen atoms in total. The smallest absolute Gasteiger partial charge is 0.418 e. The molecule has 4 aliphatic rings. The summed E-state index contributed by atoms with van der Waals surface area (Å²) in [5.41, 5.74) is -0.190. The Morgan fingerprint density at radius 2 is 2.08 bits per heavy atom. The number of rotatable bonds is 5.